The molecule has 0 radical (unpaired) electrons. The Morgan fingerprint density at radius 2 is 1.21 bits per heavy atom. The van der Waals surface area contributed by atoms with Crippen LogP contribution in [-0.2, 0) is 40.5 Å². The predicted octanol–water partition coefficient (Wildman–Crippen LogP) is 8.73. The first kappa shape index (κ1) is 53.6. The summed E-state index contributed by atoms with van der Waals surface area (Å²) in [4.78, 5) is 2.35. The quantitative estimate of drug-likeness (QED) is 0.0945. The minimum absolute atomic E-state index is 0.0424. The van der Waals surface area contributed by atoms with Crippen LogP contribution < -0.4 is 0 Å². The van der Waals surface area contributed by atoms with E-state index in [1.807, 2.05) is 0 Å². The van der Waals surface area contributed by atoms with E-state index >= 15 is 0 Å². The summed E-state index contributed by atoms with van der Waals surface area (Å²) in [5.74, 6) is 1.27. The number of hydrogen-bond acceptors (Lipinski definition) is 9. The lowest BCUT2D eigenvalue weighted by molar-refractivity contribution is -0.569. The number of hydrogen-bond donors (Lipinski definition) is 4. The van der Waals surface area contributed by atoms with Crippen LogP contribution in [0, 0.1) is 51.8 Å². The zero-order valence-electron chi connectivity index (χ0n) is 41.4. The van der Waals surface area contributed by atoms with Gasteiger partial charge in [-0.05, 0) is 157 Å². The van der Waals surface area contributed by atoms with Crippen LogP contribution >= 0.6 is 0 Å². The maximum absolute atomic E-state index is 12.2. The fourth-order valence-electron chi connectivity index (χ4n) is 14.9. The second-order valence-electron chi connectivity index (χ2n) is 23.8. The maximum atomic E-state index is 12.2. The zero-order chi connectivity index (χ0) is 50.2. The Balaban J connectivity index is 1.16. The molecule has 5 fully saturated rings. The van der Waals surface area contributed by atoms with Crippen LogP contribution in [-0.4, -0.2) is 113 Å². The van der Waals surface area contributed by atoms with E-state index in [9.17, 15) is 51.9 Å². The molecular weight excluding hydrogens is 949 g/mol. The third-order valence-electron chi connectivity index (χ3n) is 18.1. The lowest BCUT2D eigenvalue weighted by atomic mass is 9.57. The van der Waals surface area contributed by atoms with E-state index < -0.39 is 61.5 Å². The molecule has 2 aliphatic heterocycles. The molecule has 0 spiro atoms. The van der Waals surface area contributed by atoms with Gasteiger partial charge in [-0.25, -0.2) is 4.58 Å². The molecule has 12 atom stereocenters. The maximum Gasteiger partial charge on any atom is 0.267 e. The van der Waals surface area contributed by atoms with E-state index in [4.69, 9.17) is 0 Å². The van der Waals surface area contributed by atoms with Crippen LogP contribution in [0.25, 0.3) is 0 Å². The molecule has 18 heteroatoms. The van der Waals surface area contributed by atoms with Crippen LogP contribution in [0.2, 0.25) is 0 Å². The minimum atomic E-state index is -4.22. The van der Waals surface area contributed by atoms with E-state index in [1.165, 1.54) is 13.8 Å². The van der Waals surface area contributed by atoms with Gasteiger partial charge in [0.15, 0.2) is 11.8 Å². The molecule has 384 valence electrons. The largest absolute Gasteiger partial charge is 0.371 e. The third kappa shape index (κ3) is 11.2. The van der Waals surface area contributed by atoms with E-state index in [-0.39, 0.29) is 76.7 Å². The Labute approximate surface area is 408 Å². The smallest absolute Gasteiger partial charge is 0.267 e. The second-order valence-corrected chi connectivity index (χ2v) is 30.8. The number of likely N-dealkylation sites (tertiary alicyclic amines) is 1. The van der Waals surface area contributed by atoms with Crippen LogP contribution in [0.3, 0.4) is 0 Å². The zero-order valence-corrected chi connectivity index (χ0v) is 44.6. The molecule has 4 N–H and O–H groups in total. The van der Waals surface area contributed by atoms with Gasteiger partial charge in [0.25, 0.3) is 40.5 Å². The van der Waals surface area contributed by atoms with Gasteiger partial charge in [-0.3, -0.25) is 18.2 Å². The van der Waals surface area contributed by atoms with Gasteiger partial charge in [-0.2, -0.15) is 33.7 Å². The van der Waals surface area contributed by atoms with Gasteiger partial charge < -0.3 is 4.90 Å². The Bertz CT molecular complexity index is 2590. The number of fused-ring (bicyclic) bond motifs is 6. The fraction of sp³-hybridized carbons (Fsp3) is 0.780. The van der Waals surface area contributed by atoms with Crippen molar-refractivity contribution in [2.45, 2.75) is 178 Å². The average molecular weight is 1030 g/mol. The van der Waals surface area contributed by atoms with Crippen molar-refractivity contribution in [3.63, 3.8) is 0 Å². The van der Waals surface area contributed by atoms with Gasteiger partial charge in [0.1, 0.15) is 6.54 Å². The predicted molar refractivity (Wildman–Crippen MR) is 267 cm³/mol. The topological polar surface area (TPSA) is 224 Å². The van der Waals surface area contributed by atoms with Crippen molar-refractivity contribution >= 4 is 46.2 Å². The van der Waals surface area contributed by atoms with Gasteiger partial charge in [0, 0.05) is 48.5 Å². The molecule has 4 saturated carbocycles. The molecule has 14 nitrogen and oxygen atoms in total. The van der Waals surface area contributed by atoms with E-state index in [1.54, 1.807) is 0 Å². The lowest BCUT2D eigenvalue weighted by Gasteiger charge is -2.48. The summed E-state index contributed by atoms with van der Waals surface area (Å²) < 4.78 is 139. The van der Waals surface area contributed by atoms with Gasteiger partial charge >= 0.3 is 0 Å². The molecule has 12 unspecified atom stereocenters. The molecular formula is C50H79N2O12S4+. The van der Waals surface area contributed by atoms with E-state index in [0.717, 1.165) is 61.1 Å². The van der Waals surface area contributed by atoms with Gasteiger partial charge in [-0.1, -0.05) is 58.1 Å². The van der Waals surface area contributed by atoms with Gasteiger partial charge in [0.2, 0.25) is 0 Å². The van der Waals surface area contributed by atoms with Crippen LogP contribution in [0.4, 0.5) is 0 Å². The highest BCUT2D eigenvalue weighted by molar-refractivity contribution is 7.87. The van der Waals surface area contributed by atoms with Crippen molar-refractivity contribution in [3.8, 4) is 0 Å². The highest BCUT2D eigenvalue weighted by atomic mass is 32.2. The van der Waals surface area contributed by atoms with Crippen LogP contribution in [0.15, 0.2) is 59.4 Å². The fourth-order valence-corrected chi connectivity index (χ4v) is 17.5. The highest BCUT2D eigenvalue weighted by Crippen LogP contribution is 2.60. The molecule has 7 aliphatic rings. The van der Waals surface area contributed by atoms with Crippen molar-refractivity contribution < 1.29 is 56.5 Å². The average Bonchev–Trinajstić information content (AvgIpc) is 3.57. The second kappa shape index (κ2) is 19.3. The molecule has 7 rings (SSSR count). The number of allylic oxidation sites excluding steroid dienone is 10. The number of nitrogens with zero attached hydrogens (tertiary/aromatic N) is 2. The summed E-state index contributed by atoms with van der Waals surface area (Å²) in [6, 6.07) is 0.261. The minimum Gasteiger partial charge on any atom is -0.371 e. The van der Waals surface area contributed by atoms with E-state index in [2.05, 4.69) is 93.5 Å². The Kier molecular flexibility index (Phi) is 15.2. The summed E-state index contributed by atoms with van der Waals surface area (Å²) in [7, 11) is -16.7. The molecule has 0 aromatic rings. The number of rotatable bonds is 14. The van der Waals surface area contributed by atoms with Crippen molar-refractivity contribution in [2.75, 3.05) is 13.1 Å². The Hall–Kier alpha value is -2.19. The first-order valence-electron chi connectivity index (χ1n) is 25.0. The summed E-state index contributed by atoms with van der Waals surface area (Å²) in [6.45, 7) is 17.4. The Morgan fingerprint density at radius 1 is 0.662 bits per heavy atom. The summed E-state index contributed by atoms with van der Waals surface area (Å²) in [5.41, 5.74) is 3.85. The first-order chi connectivity index (χ1) is 31.3. The molecule has 5 aliphatic carbocycles. The molecule has 1 saturated heterocycles. The normalized spacial score (nSPS) is 36.1. The van der Waals surface area contributed by atoms with Gasteiger partial charge in [-0.15, -0.1) is 0 Å². The first-order valence-corrected chi connectivity index (χ1v) is 31.0. The molecule has 2 heterocycles. The lowest BCUT2D eigenvalue weighted by Crippen LogP contribution is -2.48. The van der Waals surface area contributed by atoms with Crippen molar-refractivity contribution in [3.05, 3.63) is 59.4 Å². The summed E-state index contributed by atoms with van der Waals surface area (Å²) in [6.07, 6.45) is 23.8. The molecule has 0 aromatic heterocycles. The summed E-state index contributed by atoms with van der Waals surface area (Å²) >= 11 is 0. The molecule has 0 aromatic carbocycles. The molecule has 0 bridgehead atoms. The van der Waals surface area contributed by atoms with Crippen molar-refractivity contribution in [1.82, 2.24) is 4.90 Å². The van der Waals surface area contributed by atoms with Gasteiger partial charge in [0.05, 0.1) is 26.4 Å². The van der Waals surface area contributed by atoms with Crippen molar-refractivity contribution in [2.24, 2.45) is 51.8 Å². The SMILES string of the molecule is CC(CCN1/C(=C/C=C/C2=CC(=C/C=C/C3=[N+](CCC(C)S(=O)(=O)O)C4CCC5CC(S(=O)(=O)O)CCC5C4C3(C)C)/CC(C)(C)C2)C(C)(C)C2C3CCC(S(=O)(=O)O)CC3CCC21)S(=O)(=O)O. The molecule has 0 amide bonds. The van der Waals surface area contributed by atoms with E-state index in [0.29, 0.717) is 51.6 Å². The Morgan fingerprint density at radius 3 is 1.78 bits per heavy atom. The highest BCUT2D eigenvalue weighted by Gasteiger charge is 2.61. The van der Waals surface area contributed by atoms with Crippen LogP contribution in [0.5, 0.6) is 0 Å². The molecule has 68 heavy (non-hydrogen) atoms. The van der Waals surface area contributed by atoms with Crippen LogP contribution in [0.1, 0.15) is 145 Å². The monoisotopic (exact) mass is 1030 g/mol. The summed E-state index contributed by atoms with van der Waals surface area (Å²) in [5, 5.41) is -3.33. The van der Waals surface area contributed by atoms with Crippen molar-refractivity contribution in [1.29, 1.82) is 0 Å². The third-order valence-corrected chi connectivity index (χ3v) is 23.1. The standard InChI is InChI=1S/C50H78N2O12S4/c1-32(65(53,54)55)23-25-51-42-21-15-36-28-38(67(59,60)61)17-19-40(36)46(42)49(5,6)44(51)13-9-11-34-27-35(31-48(3,4)30-34)12-10-14-45-50(7,8)47-41-20-18-39(68(62,63)64)29-37(41)16-22-43(47)52(45)26-24-33(2)66(56,57)58/h9-14,27,32-33,36-43,46-47H,15-26,28-31H2,1-8H3,(H3-,53,54,55,56,57,58,59,60,61,62,63,64)/p+1.